The summed E-state index contributed by atoms with van der Waals surface area (Å²) in [6.07, 6.45) is 2.52. The summed E-state index contributed by atoms with van der Waals surface area (Å²) in [5.41, 5.74) is 1.74. The molecule has 7 nitrogen and oxygen atoms in total. The summed E-state index contributed by atoms with van der Waals surface area (Å²) in [5.74, 6) is 1.93. The molecule has 2 aliphatic heterocycles. The number of hydrogen-bond acceptors (Lipinski definition) is 7. The van der Waals surface area contributed by atoms with Crippen LogP contribution in [0, 0.1) is 0 Å². The number of anilines is 3. The number of nitrogens with one attached hydrogen (secondary N) is 1. The molecule has 5 rings (SSSR count). The average molecular weight is 434 g/mol. The predicted octanol–water partition coefficient (Wildman–Crippen LogP) is 2.06. The van der Waals surface area contributed by atoms with Gasteiger partial charge in [-0.3, -0.25) is 4.21 Å². The third kappa shape index (κ3) is 3.69. The molecule has 9 heteroatoms. The van der Waals surface area contributed by atoms with Gasteiger partial charge in [-0.15, -0.1) is 0 Å². The number of piperazine rings is 1. The Labute approximate surface area is 177 Å². The molecule has 2 fully saturated rings. The monoisotopic (exact) mass is 433 g/mol. The zero-order valence-electron chi connectivity index (χ0n) is 16.1. The van der Waals surface area contributed by atoms with E-state index < -0.39 is 10.8 Å². The molecule has 2 N–H and O–H groups in total. The average Bonchev–Trinajstić information content (AvgIpc) is 3.42. The fourth-order valence-electron chi connectivity index (χ4n) is 3.95. The predicted molar refractivity (Wildman–Crippen MR) is 116 cm³/mol. The summed E-state index contributed by atoms with van der Waals surface area (Å²) in [4.78, 5) is 14.8. The molecule has 3 aliphatic rings. The van der Waals surface area contributed by atoms with Crippen LogP contribution in [0.2, 0.25) is 5.02 Å². The van der Waals surface area contributed by atoms with E-state index in [4.69, 9.17) is 21.6 Å². The minimum Gasteiger partial charge on any atom is -0.394 e. The first kappa shape index (κ1) is 19.1. The fourth-order valence-corrected chi connectivity index (χ4v) is 5.38. The second-order valence-electron chi connectivity index (χ2n) is 7.96. The minimum atomic E-state index is -1.07. The number of rotatable bonds is 5. The van der Waals surface area contributed by atoms with Gasteiger partial charge >= 0.3 is 0 Å². The van der Waals surface area contributed by atoms with Gasteiger partial charge in [0.15, 0.2) is 0 Å². The van der Waals surface area contributed by atoms with Gasteiger partial charge in [0.25, 0.3) is 0 Å². The molecular weight excluding hydrogens is 410 g/mol. The molecule has 1 aromatic carbocycles. The van der Waals surface area contributed by atoms with Crippen LogP contribution in [0.15, 0.2) is 29.2 Å². The third-order valence-corrected chi connectivity index (χ3v) is 7.68. The van der Waals surface area contributed by atoms with Crippen molar-refractivity contribution in [1.82, 2.24) is 9.97 Å². The number of benzene rings is 1. The van der Waals surface area contributed by atoms with E-state index in [2.05, 4.69) is 15.1 Å². The highest BCUT2D eigenvalue weighted by atomic mass is 35.5. The highest BCUT2D eigenvalue weighted by Gasteiger charge is 2.44. The van der Waals surface area contributed by atoms with E-state index in [-0.39, 0.29) is 12.1 Å². The fraction of sp³-hybridized carbons (Fsp3) is 0.500. The number of aliphatic hydroxyl groups is 1. The maximum absolute atomic E-state index is 12.5. The zero-order valence-corrected chi connectivity index (χ0v) is 17.7. The lowest BCUT2D eigenvalue weighted by atomic mass is 10.2. The SMILES string of the molecule is O=S1CCc2nc(N3CCN(c4ccc(Cl)cc4)CC3)nc(NC3(CO)CC3)c21. The standard InChI is InChI=1S/C20H24ClN5O2S/c21-14-1-3-15(4-2-14)25-8-10-26(11-9-25)19-22-16-5-12-29(28)17(16)18(23-19)24-20(13-27)6-7-20/h1-4,27H,5-13H2,(H,22,23,24). The van der Waals surface area contributed by atoms with Crippen LogP contribution < -0.4 is 15.1 Å². The molecule has 1 atom stereocenters. The van der Waals surface area contributed by atoms with Crippen LogP contribution in [-0.2, 0) is 17.2 Å². The Hall–Kier alpha value is -1.90. The lowest BCUT2D eigenvalue weighted by Crippen LogP contribution is -2.47. The van der Waals surface area contributed by atoms with Gasteiger partial charge in [-0.25, -0.2) is 4.98 Å². The lowest BCUT2D eigenvalue weighted by molar-refractivity contribution is 0.265. The number of fused-ring (bicyclic) bond motifs is 1. The second-order valence-corrected chi connectivity index (χ2v) is 9.91. The molecule has 1 unspecified atom stereocenters. The van der Waals surface area contributed by atoms with Crippen molar-refractivity contribution < 1.29 is 9.32 Å². The van der Waals surface area contributed by atoms with Crippen LogP contribution in [0.25, 0.3) is 0 Å². The van der Waals surface area contributed by atoms with Crippen molar-refractivity contribution in [2.45, 2.75) is 29.7 Å². The van der Waals surface area contributed by atoms with Crippen molar-refractivity contribution in [3.8, 4) is 0 Å². The van der Waals surface area contributed by atoms with E-state index >= 15 is 0 Å². The van der Waals surface area contributed by atoms with Crippen molar-refractivity contribution in [2.24, 2.45) is 0 Å². The normalized spacial score (nSPS) is 22.5. The van der Waals surface area contributed by atoms with Gasteiger partial charge in [0.1, 0.15) is 10.7 Å². The molecule has 0 spiro atoms. The first-order chi connectivity index (χ1) is 14.1. The van der Waals surface area contributed by atoms with E-state index in [1.165, 1.54) is 5.69 Å². The number of nitrogens with zero attached hydrogens (tertiary/aromatic N) is 4. The van der Waals surface area contributed by atoms with Crippen molar-refractivity contribution in [3.05, 3.63) is 35.0 Å². The van der Waals surface area contributed by atoms with Crippen molar-refractivity contribution in [2.75, 3.05) is 53.7 Å². The van der Waals surface area contributed by atoms with Crippen molar-refractivity contribution in [3.63, 3.8) is 0 Å². The van der Waals surface area contributed by atoms with Crippen LogP contribution in [-0.4, -0.2) is 63.4 Å². The number of aromatic nitrogens is 2. The summed E-state index contributed by atoms with van der Waals surface area (Å²) in [6.45, 7) is 3.44. The quantitative estimate of drug-likeness (QED) is 0.746. The molecule has 1 saturated heterocycles. The van der Waals surface area contributed by atoms with Crippen LogP contribution >= 0.6 is 11.6 Å². The van der Waals surface area contributed by atoms with Crippen LogP contribution in [0.4, 0.5) is 17.5 Å². The van der Waals surface area contributed by atoms with E-state index in [1.807, 2.05) is 24.3 Å². The highest BCUT2D eigenvalue weighted by Crippen LogP contribution is 2.41. The Morgan fingerprint density at radius 2 is 1.79 bits per heavy atom. The molecule has 1 aromatic heterocycles. The Kier molecular flexibility index (Phi) is 4.88. The van der Waals surface area contributed by atoms with E-state index in [0.717, 1.165) is 54.6 Å². The van der Waals surface area contributed by atoms with Gasteiger partial charge < -0.3 is 20.2 Å². The first-order valence-corrected chi connectivity index (χ1v) is 11.7. The molecule has 154 valence electrons. The Morgan fingerprint density at radius 1 is 1.10 bits per heavy atom. The van der Waals surface area contributed by atoms with Gasteiger partial charge in [-0.05, 0) is 37.1 Å². The molecule has 0 amide bonds. The Bertz CT molecular complexity index is 943. The maximum Gasteiger partial charge on any atom is 0.227 e. The van der Waals surface area contributed by atoms with Gasteiger partial charge in [-0.2, -0.15) is 4.98 Å². The van der Waals surface area contributed by atoms with Crippen LogP contribution in [0.1, 0.15) is 18.5 Å². The van der Waals surface area contributed by atoms with Crippen LogP contribution in [0.3, 0.4) is 0 Å². The highest BCUT2D eigenvalue weighted by molar-refractivity contribution is 7.85. The summed E-state index contributed by atoms with van der Waals surface area (Å²) in [5, 5.41) is 13.8. The molecule has 0 bridgehead atoms. The summed E-state index contributed by atoms with van der Waals surface area (Å²) >= 11 is 6.00. The zero-order chi connectivity index (χ0) is 20.0. The lowest BCUT2D eigenvalue weighted by Gasteiger charge is -2.36. The number of aliphatic hydroxyl groups excluding tert-OH is 1. The Balaban J connectivity index is 1.36. The van der Waals surface area contributed by atoms with E-state index in [1.54, 1.807) is 0 Å². The first-order valence-electron chi connectivity index (χ1n) is 10.0. The largest absolute Gasteiger partial charge is 0.394 e. The van der Waals surface area contributed by atoms with Gasteiger partial charge in [0.2, 0.25) is 5.95 Å². The number of hydrogen-bond donors (Lipinski definition) is 2. The molecule has 29 heavy (non-hydrogen) atoms. The van der Waals surface area contributed by atoms with Gasteiger partial charge in [0.05, 0.1) is 28.6 Å². The molecule has 3 heterocycles. The minimum absolute atomic E-state index is 0.0630. The maximum atomic E-state index is 12.5. The molecule has 1 aliphatic carbocycles. The van der Waals surface area contributed by atoms with Crippen LogP contribution in [0.5, 0.6) is 0 Å². The number of halogens is 1. The molecule has 2 aromatic rings. The number of aryl methyl sites for hydroxylation is 1. The molecule has 0 radical (unpaired) electrons. The van der Waals surface area contributed by atoms with Crippen molar-refractivity contribution >= 4 is 39.9 Å². The van der Waals surface area contributed by atoms with E-state index in [0.29, 0.717) is 23.9 Å². The topological polar surface area (TPSA) is 81.6 Å². The molecule has 1 saturated carbocycles. The summed E-state index contributed by atoms with van der Waals surface area (Å²) < 4.78 is 12.5. The van der Waals surface area contributed by atoms with Crippen molar-refractivity contribution in [1.29, 1.82) is 0 Å². The summed E-state index contributed by atoms with van der Waals surface area (Å²) in [6, 6.07) is 7.93. The Morgan fingerprint density at radius 3 is 2.45 bits per heavy atom. The molecular formula is C20H24ClN5O2S. The van der Waals surface area contributed by atoms with E-state index in [9.17, 15) is 9.32 Å². The summed E-state index contributed by atoms with van der Waals surface area (Å²) in [7, 11) is -1.07. The van der Waals surface area contributed by atoms with Gasteiger partial charge in [-0.1, -0.05) is 11.6 Å². The third-order valence-electron chi connectivity index (χ3n) is 5.97. The smallest absolute Gasteiger partial charge is 0.227 e. The van der Waals surface area contributed by atoms with Gasteiger partial charge in [0, 0.05) is 49.1 Å². The second kappa shape index (κ2) is 7.41.